The summed E-state index contributed by atoms with van der Waals surface area (Å²) in [5.41, 5.74) is 3.92. The molecule has 0 aliphatic rings. The quantitative estimate of drug-likeness (QED) is 0.0830. The van der Waals surface area contributed by atoms with E-state index < -0.39 is 5.97 Å². The molecule has 44 heavy (non-hydrogen) atoms. The lowest BCUT2D eigenvalue weighted by atomic mass is 9.94. The van der Waals surface area contributed by atoms with Gasteiger partial charge in [-0.2, -0.15) is 0 Å². The fourth-order valence-corrected chi connectivity index (χ4v) is 5.05. The number of nitrogens with zero attached hydrogens (tertiary/aromatic N) is 1. The molecule has 0 unspecified atom stereocenters. The second-order valence-corrected chi connectivity index (χ2v) is 10.4. The van der Waals surface area contributed by atoms with Crippen molar-refractivity contribution in [3.05, 3.63) is 119 Å². The van der Waals surface area contributed by atoms with Crippen molar-refractivity contribution < 1.29 is 33.7 Å². The Hall–Kier alpha value is -5.24. The summed E-state index contributed by atoms with van der Waals surface area (Å²) < 4.78 is 16.6. The predicted octanol–water partition coefficient (Wildman–Crippen LogP) is 7.05. The fourth-order valence-electron chi connectivity index (χ4n) is 5.05. The molecule has 1 N–H and O–H groups in total. The van der Waals surface area contributed by atoms with Crippen molar-refractivity contribution in [2.45, 2.75) is 45.3 Å². The molecule has 0 radical (unpaired) electrons. The molecule has 0 amide bonds. The Morgan fingerprint density at radius 3 is 1.91 bits per heavy atom. The molecule has 0 saturated carbocycles. The number of carboxylic acids is 1. The van der Waals surface area contributed by atoms with Gasteiger partial charge >= 0.3 is 17.9 Å². The molecule has 5 aromatic rings. The van der Waals surface area contributed by atoms with E-state index in [-0.39, 0.29) is 50.2 Å². The second-order valence-electron chi connectivity index (χ2n) is 10.4. The van der Waals surface area contributed by atoms with Gasteiger partial charge in [0.2, 0.25) is 0 Å². The van der Waals surface area contributed by atoms with Crippen molar-refractivity contribution in [3.8, 4) is 5.75 Å². The molecule has 0 saturated heterocycles. The van der Waals surface area contributed by atoms with Gasteiger partial charge in [0.05, 0.1) is 23.2 Å². The van der Waals surface area contributed by atoms with Gasteiger partial charge in [-0.1, -0.05) is 78.9 Å². The van der Waals surface area contributed by atoms with Crippen LogP contribution in [0.15, 0.2) is 97.1 Å². The van der Waals surface area contributed by atoms with Gasteiger partial charge in [0.1, 0.15) is 19.0 Å². The molecular weight excluding hydrogens is 558 g/mol. The molecule has 8 heteroatoms. The highest BCUT2D eigenvalue weighted by molar-refractivity contribution is 6.09. The topological polar surface area (TPSA) is 112 Å². The number of carboxylic acid groups (broad SMARTS) is 1. The lowest BCUT2D eigenvalue weighted by molar-refractivity contribution is -0.146. The van der Waals surface area contributed by atoms with Crippen molar-refractivity contribution in [1.29, 1.82) is 0 Å². The molecule has 0 bridgehead atoms. The Morgan fingerprint density at radius 2 is 1.27 bits per heavy atom. The smallest absolute Gasteiger partial charge is 0.336 e. The number of esters is 2. The Morgan fingerprint density at radius 1 is 0.682 bits per heavy atom. The van der Waals surface area contributed by atoms with Crippen LogP contribution in [0.5, 0.6) is 5.75 Å². The molecule has 224 valence electrons. The predicted molar refractivity (Wildman–Crippen MR) is 166 cm³/mol. The molecule has 0 aliphatic heterocycles. The van der Waals surface area contributed by atoms with E-state index in [2.05, 4.69) is 0 Å². The standard InChI is InChI=1S/C36H33NO7/c38-33(43-23-25-11-3-1-4-12-25)18-9-16-29-28-15-7-8-17-31(28)37-32-22-27(21-30(35(29)32)36(40)41)42-20-10-19-34(39)44-24-26-13-5-2-6-14-26/h1-8,11-15,17,21-22H,9-10,16,18-20,23-24H2,(H,40,41). The van der Waals surface area contributed by atoms with Crippen LogP contribution in [0.4, 0.5) is 0 Å². The van der Waals surface area contributed by atoms with Gasteiger partial charge in [-0.15, -0.1) is 0 Å². The molecule has 1 heterocycles. The summed E-state index contributed by atoms with van der Waals surface area (Å²) in [6, 6.07) is 29.7. The molecule has 4 aromatic carbocycles. The molecule has 5 rings (SSSR count). The maximum absolute atomic E-state index is 12.4. The number of aryl methyl sites for hydroxylation is 1. The van der Waals surface area contributed by atoms with Gasteiger partial charge in [-0.25, -0.2) is 9.78 Å². The zero-order valence-corrected chi connectivity index (χ0v) is 24.2. The lowest BCUT2D eigenvalue weighted by Crippen LogP contribution is -2.08. The summed E-state index contributed by atoms with van der Waals surface area (Å²) in [6.07, 6.45) is 1.72. The van der Waals surface area contributed by atoms with Crippen molar-refractivity contribution in [1.82, 2.24) is 4.98 Å². The monoisotopic (exact) mass is 591 g/mol. The number of fused-ring (bicyclic) bond motifs is 2. The Labute approximate surface area is 255 Å². The molecule has 0 atom stereocenters. The number of pyridine rings is 1. The molecular formula is C36H33NO7. The maximum Gasteiger partial charge on any atom is 0.336 e. The van der Waals surface area contributed by atoms with Crippen LogP contribution < -0.4 is 4.74 Å². The van der Waals surface area contributed by atoms with Gasteiger partial charge in [0, 0.05) is 29.7 Å². The van der Waals surface area contributed by atoms with Crippen molar-refractivity contribution in [2.75, 3.05) is 6.61 Å². The van der Waals surface area contributed by atoms with Crippen LogP contribution in [0.1, 0.15) is 52.7 Å². The van der Waals surface area contributed by atoms with E-state index >= 15 is 0 Å². The van der Waals surface area contributed by atoms with Crippen LogP contribution in [0, 0.1) is 0 Å². The lowest BCUT2D eigenvalue weighted by Gasteiger charge is -2.15. The Balaban J connectivity index is 1.26. The zero-order valence-electron chi connectivity index (χ0n) is 24.2. The average molecular weight is 592 g/mol. The van der Waals surface area contributed by atoms with Gasteiger partial charge < -0.3 is 19.3 Å². The number of para-hydroxylation sites is 1. The number of hydrogen-bond donors (Lipinski definition) is 1. The SMILES string of the molecule is O=C(CCCOc1cc(C(=O)O)c2c(CCCC(=O)OCc3ccccc3)c3ccccc3nc2c1)OCc1ccccc1. The van der Waals surface area contributed by atoms with Crippen molar-refractivity contribution >= 4 is 39.7 Å². The normalized spacial score (nSPS) is 10.9. The highest BCUT2D eigenvalue weighted by Gasteiger charge is 2.19. The summed E-state index contributed by atoms with van der Waals surface area (Å²) >= 11 is 0. The van der Waals surface area contributed by atoms with E-state index in [0.29, 0.717) is 35.9 Å². The highest BCUT2D eigenvalue weighted by atomic mass is 16.5. The van der Waals surface area contributed by atoms with Gasteiger partial charge in [-0.3, -0.25) is 9.59 Å². The minimum absolute atomic E-state index is 0.0691. The van der Waals surface area contributed by atoms with E-state index in [1.165, 1.54) is 6.07 Å². The van der Waals surface area contributed by atoms with E-state index in [4.69, 9.17) is 19.2 Å². The number of carbonyl (C=O) groups excluding carboxylic acids is 2. The van der Waals surface area contributed by atoms with E-state index in [1.807, 2.05) is 84.9 Å². The number of aromatic carboxylic acids is 1. The average Bonchev–Trinajstić information content (AvgIpc) is 3.05. The van der Waals surface area contributed by atoms with E-state index in [1.54, 1.807) is 6.07 Å². The van der Waals surface area contributed by atoms with Crippen molar-refractivity contribution in [2.24, 2.45) is 0 Å². The first kappa shape index (κ1) is 30.2. The second kappa shape index (κ2) is 14.8. The number of rotatable bonds is 14. The first-order chi connectivity index (χ1) is 21.5. The third-order valence-corrected chi connectivity index (χ3v) is 7.18. The zero-order chi connectivity index (χ0) is 30.7. The van der Waals surface area contributed by atoms with Crippen LogP contribution in [0.2, 0.25) is 0 Å². The Kier molecular flexibility index (Phi) is 10.2. The van der Waals surface area contributed by atoms with Crippen LogP contribution in [0.25, 0.3) is 21.8 Å². The molecule has 1 aromatic heterocycles. The highest BCUT2D eigenvalue weighted by Crippen LogP contribution is 2.33. The van der Waals surface area contributed by atoms with E-state index in [9.17, 15) is 19.5 Å². The Bertz CT molecular complexity index is 1750. The van der Waals surface area contributed by atoms with Crippen LogP contribution in [-0.2, 0) is 38.7 Å². The first-order valence-corrected chi connectivity index (χ1v) is 14.6. The third-order valence-electron chi connectivity index (χ3n) is 7.18. The summed E-state index contributed by atoms with van der Waals surface area (Å²) in [6.45, 7) is 0.627. The van der Waals surface area contributed by atoms with Crippen LogP contribution >= 0.6 is 0 Å². The van der Waals surface area contributed by atoms with Gasteiger partial charge in [0.25, 0.3) is 0 Å². The summed E-state index contributed by atoms with van der Waals surface area (Å²) in [4.78, 5) is 41.8. The number of benzene rings is 4. The molecule has 0 aliphatic carbocycles. The fraction of sp³-hybridized carbons (Fsp3) is 0.222. The largest absolute Gasteiger partial charge is 0.493 e. The summed E-state index contributed by atoms with van der Waals surface area (Å²) in [5, 5.41) is 11.5. The van der Waals surface area contributed by atoms with Crippen LogP contribution in [-0.4, -0.2) is 34.6 Å². The van der Waals surface area contributed by atoms with Gasteiger partial charge in [-0.05, 0) is 48.1 Å². The van der Waals surface area contributed by atoms with E-state index in [0.717, 1.165) is 27.6 Å². The number of carbonyl (C=O) groups is 3. The minimum atomic E-state index is -1.11. The number of ether oxygens (including phenoxy) is 3. The van der Waals surface area contributed by atoms with Gasteiger partial charge in [0.15, 0.2) is 0 Å². The first-order valence-electron chi connectivity index (χ1n) is 14.6. The number of aromatic nitrogens is 1. The molecule has 8 nitrogen and oxygen atoms in total. The maximum atomic E-state index is 12.4. The van der Waals surface area contributed by atoms with Crippen molar-refractivity contribution in [3.63, 3.8) is 0 Å². The minimum Gasteiger partial charge on any atom is -0.493 e. The summed E-state index contributed by atoms with van der Waals surface area (Å²) in [7, 11) is 0. The summed E-state index contributed by atoms with van der Waals surface area (Å²) in [5.74, 6) is -1.39. The molecule has 0 fully saturated rings. The molecule has 0 spiro atoms. The number of hydrogen-bond acceptors (Lipinski definition) is 7. The van der Waals surface area contributed by atoms with Crippen LogP contribution in [0.3, 0.4) is 0 Å². The third kappa shape index (κ3) is 7.98.